The van der Waals surface area contributed by atoms with Gasteiger partial charge in [-0.1, -0.05) is 73.7 Å². The van der Waals surface area contributed by atoms with Crippen LogP contribution in [-0.2, 0) is 0 Å². The van der Waals surface area contributed by atoms with Crippen molar-refractivity contribution in [2.75, 3.05) is 25.5 Å². The van der Waals surface area contributed by atoms with Gasteiger partial charge in [-0.05, 0) is 77.6 Å². The van der Waals surface area contributed by atoms with E-state index in [0.717, 1.165) is 23.4 Å². The molecule has 2 unspecified atom stereocenters. The topological polar surface area (TPSA) is 128 Å². The van der Waals surface area contributed by atoms with Crippen LogP contribution in [0.15, 0.2) is 84.0 Å². The fourth-order valence-electron chi connectivity index (χ4n) is 4.43. The van der Waals surface area contributed by atoms with Crippen LogP contribution in [0.4, 0.5) is 5.69 Å². The van der Waals surface area contributed by atoms with Gasteiger partial charge in [0.2, 0.25) is 0 Å². The summed E-state index contributed by atoms with van der Waals surface area (Å²) >= 11 is 0. The minimum Gasteiger partial charge on any atom is -0.381 e. The summed E-state index contributed by atoms with van der Waals surface area (Å²) in [5, 5.41) is 6.42. The highest BCUT2D eigenvalue weighted by Gasteiger charge is 2.21. The molecule has 196 valence electrons. The van der Waals surface area contributed by atoms with E-state index in [2.05, 4.69) is 78.3 Å². The monoisotopic (exact) mass is 498 g/mol. The molecule has 0 amide bonds. The average molecular weight is 499 g/mol. The molecule has 6 heteroatoms. The molecule has 2 aromatic rings. The Hall–Kier alpha value is -3.26. The highest BCUT2D eigenvalue weighted by Crippen LogP contribution is 2.40. The number of fused-ring (bicyclic) bond motifs is 1. The van der Waals surface area contributed by atoms with E-state index in [1.54, 1.807) is 0 Å². The van der Waals surface area contributed by atoms with Crippen molar-refractivity contribution >= 4 is 17.3 Å². The van der Waals surface area contributed by atoms with E-state index in [1.807, 2.05) is 39.1 Å². The Morgan fingerprint density at radius 3 is 2.38 bits per heavy atom. The molecule has 0 fully saturated rings. The van der Waals surface area contributed by atoms with Crippen LogP contribution in [0.2, 0.25) is 0 Å². The molecule has 37 heavy (non-hydrogen) atoms. The molecule has 4 rings (SSSR count). The third-order valence-electron chi connectivity index (χ3n) is 7.03. The molecule has 0 saturated carbocycles. The van der Waals surface area contributed by atoms with Crippen molar-refractivity contribution in [1.82, 2.24) is 5.32 Å². The fourth-order valence-corrected chi connectivity index (χ4v) is 4.43. The zero-order chi connectivity index (χ0) is 26.9. The number of likely N-dealkylation sites (N-methyl/N-ethyl adjacent to an activating group) is 1. The molecule has 0 bridgehead atoms. The van der Waals surface area contributed by atoms with E-state index in [1.165, 1.54) is 33.4 Å². The van der Waals surface area contributed by atoms with Crippen molar-refractivity contribution in [3.8, 4) is 11.1 Å². The number of hydrogen-bond acceptors (Lipinski definition) is 6. The Bertz CT molecular complexity index is 1220. The Kier molecular flexibility index (Phi) is 10.2. The first kappa shape index (κ1) is 28.3. The van der Waals surface area contributed by atoms with Crippen LogP contribution in [0.5, 0.6) is 0 Å². The van der Waals surface area contributed by atoms with Crippen molar-refractivity contribution in [3.63, 3.8) is 0 Å². The van der Waals surface area contributed by atoms with Gasteiger partial charge in [-0.2, -0.15) is 0 Å². The Labute approximate surface area is 221 Å². The standard InChI is InChI=1S/C25H28N4.C6H14N2/c1-16-20(15-26)5-2-3-7-21(16)23-14-24-19(6-4-12-29-24)13-22(23)17-8-10-18(11-9-17)25(27)28;1-4-5(2)6(7)8-3/h2-11,13-14,16,25,29H,12,15,26-28H2,1H3;4,6,8H,7H2,1-3H3/b;5-4+. The molecule has 10 N–H and O–H groups in total. The first-order chi connectivity index (χ1) is 17.8. The Morgan fingerprint density at radius 1 is 1.08 bits per heavy atom. The molecule has 1 heterocycles. The maximum absolute atomic E-state index is 6.03. The van der Waals surface area contributed by atoms with E-state index in [9.17, 15) is 0 Å². The normalized spacial score (nSPS) is 17.6. The van der Waals surface area contributed by atoms with E-state index < -0.39 is 6.17 Å². The lowest BCUT2D eigenvalue weighted by molar-refractivity contribution is 0.662. The van der Waals surface area contributed by atoms with E-state index in [-0.39, 0.29) is 12.1 Å². The van der Waals surface area contributed by atoms with E-state index in [4.69, 9.17) is 22.9 Å². The van der Waals surface area contributed by atoms with Gasteiger partial charge in [0, 0.05) is 24.7 Å². The first-order valence-electron chi connectivity index (χ1n) is 12.8. The fraction of sp³-hybridized carbons (Fsp3) is 0.290. The minimum atomic E-state index is -0.467. The summed E-state index contributed by atoms with van der Waals surface area (Å²) in [6.07, 6.45) is 14.4. The third kappa shape index (κ3) is 6.95. The number of allylic oxidation sites excluding steroid dienone is 6. The van der Waals surface area contributed by atoms with Gasteiger partial charge in [0.1, 0.15) is 0 Å². The van der Waals surface area contributed by atoms with Gasteiger partial charge in [-0.25, -0.2) is 0 Å². The van der Waals surface area contributed by atoms with E-state index in [0.29, 0.717) is 6.54 Å². The minimum absolute atomic E-state index is 0.0278. The lowest BCUT2D eigenvalue weighted by Crippen LogP contribution is -2.35. The summed E-state index contributed by atoms with van der Waals surface area (Å²) in [5.41, 5.74) is 33.7. The van der Waals surface area contributed by atoms with Crippen molar-refractivity contribution < 1.29 is 0 Å². The van der Waals surface area contributed by atoms with Crippen molar-refractivity contribution in [3.05, 3.63) is 101 Å². The average Bonchev–Trinajstić information content (AvgIpc) is 3.12. The molecule has 2 aliphatic rings. The van der Waals surface area contributed by atoms with Crippen molar-refractivity contribution in [2.24, 2.45) is 28.9 Å². The van der Waals surface area contributed by atoms with Gasteiger partial charge < -0.3 is 33.6 Å². The van der Waals surface area contributed by atoms with Crippen LogP contribution in [0.25, 0.3) is 22.8 Å². The second-order valence-electron chi connectivity index (χ2n) is 9.39. The SMILES string of the molecule is C/C=C(\C)C(N)NC.CC1C(CN)=CC=CC=C1c1cc2c(cc1-c1ccc(C(N)N)cc1)C=CCN2. The predicted octanol–water partition coefficient (Wildman–Crippen LogP) is 4.64. The molecular formula is C31H42N6. The van der Waals surface area contributed by atoms with Gasteiger partial charge in [0.25, 0.3) is 0 Å². The molecule has 0 spiro atoms. The number of nitrogens with one attached hydrogen (secondary N) is 2. The number of anilines is 1. The van der Waals surface area contributed by atoms with Gasteiger partial charge >= 0.3 is 0 Å². The summed E-state index contributed by atoms with van der Waals surface area (Å²) in [7, 11) is 1.84. The smallest absolute Gasteiger partial charge is 0.0784 e. The first-order valence-corrected chi connectivity index (χ1v) is 12.8. The van der Waals surface area contributed by atoms with Crippen LogP contribution in [0.3, 0.4) is 0 Å². The van der Waals surface area contributed by atoms with Crippen molar-refractivity contribution in [1.29, 1.82) is 0 Å². The lowest BCUT2D eigenvalue weighted by atomic mass is 9.83. The van der Waals surface area contributed by atoms with Gasteiger partial charge in [-0.3, -0.25) is 0 Å². The molecule has 1 aliphatic heterocycles. The molecular weight excluding hydrogens is 456 g/mol. The zero-order valence-corrected chi connectivity index (χ0v) is 22.5. The quantitative estimate of drug-likeness (QED) is 0.254. The highest BCUT2D eigenvalue weighted by atomic mass is 15.0. The summed E-state index contributed by atoms with van der Waals surface area (Å²) in [6.45, 7) is 7.60. The predicted molar refractivity (Wildman–Crippen MR) is 160 cm³/mol. The Balaban J connectivity index is 0.000000414. The van der Waals surface area contributed by atoms with Crippen LogP contribution < -0.4 is 33.6 Å². The molecule has 2 atom stereocenters. The number of nitrogens with two attached hydrogens (primary N) is 4. The van der Waals surface area contributed by atoms with Gasteiger partial charge in [0.15, 0.2) is 0 Å². The molecule has 0 radical (unpaired) electrons. The summed E-state index contributed by atoms with van der Waals surface area (Å²) in [4.78, 5) is 0. The number of rotatable bonds is 6. The molecule has 1 aliphatic carbocycles. The van der Waals surface area contributed by atoms with Crippen LogP contribution in [0.1, 0.15) is 43.6 Å². The van der Waals surface area contributed by atoms with E-state index >= 15 is 0 Å². The maximum Gasteiger partial charge on any atom is 0.0784 e. The van der Waals surface area contributed by atoms with Gasteiger partial charge in [0.05, 0.1) is 12.3 Å². The summed E-state index contributed by atoms with van der Waals surface area (Å²) in [6, 6.07) is 12.8. The van der Waals surface area contributed by atoms with Crippen LogP contribution in [0, 0.1) is 5.92 Å². The largest absolute Gasteiger partial charge is 0.381 e. The maximum atomic E-state index is 6.03. The molecule has 0 aromatic heterocycles. The summed E-state index contributed by atoms with van der Waals surface area (Å²) in [5.74, 6) is 0.239. The van der Waals surface area contributed by atoms with Crippen LogP contribution >= 0.6 is 0 Å². The molecule has 0 saturated heterocycles. The second-order valence-corrected chi connectivity index (χ2v) is 9.39. The zero-order valence-electron chi connectivity index (χ0n) is 22.5. The number of hydrogen-bond donors (Lipinski definition) is 6. The second kappa shape index (κ2) is 13.3. The van der Waals surface area contributed by atoms with Crippen LogP contribution in [-0.4, -0.2) is 26.3 Å². The third-order valence-corrected chi connectivity index (χ3v) is 7.03. The highest BCUT2D eigenvalue weighted by molar-refractivity contribution is 5.89. The molecule has 6 nitrogen and oxygen atoms in total. The van der Waals surface area contributed by atoms with Crippen molar-refractivity contribution in [2.45, 2.75) is 33.1 Å². The Morgan fingerprint density at radius 2 is 1.78 bits per heavy atom. The van der Waals surface area contributed by atoms with Gasteiger partial charge in [-0.15, -0.1) is 0 Å². The number of benzene rings is 2. The summed E-state index contributed by atoms with van der Waals surface area (Å²) < 4.78 is 0. The lowest BCUT2D eigenvalue weighted by Gasteiger charge is -2.24. The molecule has 2 aromatic carbocycles.